The van der Waals surface area contributed by atoms with Crippen LogP contribution in [0.2, 0.25) is 10.2 Å². The zero-order valence-electron chi connectivity index (χ0n) is 8.13. The highest BCUT2D eigenvalue weighted by molar-refractivity contribution is 6.37. The van der Waals surface area contributed by atoms with E-state index >= 15 is 0 Å². The molecule has 2 aromatic rings. The van der Waals surface area contributed by atoms with Gasteiger partial charge in [-0.3, -0.25) is 0 Å². The number of halogens is 2. The number of nitrogens with zero attached hydrogens (tertiary/aromatic N) is 1. The molecule has 1 heterocycles. The lowest BCUT2D eigenvalue weighted by Crippen LogP contribution is -1.91. The van der Waals surface area contributed by atoms with Crippen molar-refractivity contribution < 1.29 is 4.74 Å². The normalized spacial score (nSPS) is 10.6. The van der Waals surface area contributed by atoms with Crippen LogP contribution in [0.25, 0.3) is 10.9 Å². The van der Waals surface area contributed by atoms with Crippen molar-refractivity contribution in [2.24, 2.45) is 0 Å². The van der Waals surface area contributed by atoms with Crippen molar-refractivity contribution >= 4 is 34.1 Å². The molecular weight excluding hydrogens is 233 g/mol. The molecule has 0 saturated heterocycles. The molecule has 0 saturated carbocycles. The molecule has 15 heavy (non-hydrogen) atoms. The molecular formula is C11H9Cl2NO. The molecule has 78 valence electrons. The van der Waals surface area contributed by atoms with Crippen molar-refractivity contribution in [1.29, 1.82) is 0 Å². The summed E-state index contributed by atoms with van der Waals surface area (Å²) in [6.45, 7) is 2.57. The zero-order chi connectivity index (χ0) is 10.8. The van der Waals surface area contributed by atoms with Gasteiger partial charge < -0.3 is 4.74 Å². The summed E-state index contributed by atoms with van der Waals surface area (Å²) in [4.78, 5) is 4.16. The topological polar surface area (TPSA) is 22.1 Å². The maximum Gasteiger partial charge on any atom is 0.131 e. The summed E-state index contributed by atoms with van der Waals surface area (Å²) in [5.41, 5.74) is 0.774. The third kappa shape index (κ3) is 2.16. The van der Waals surface area contributed by atoms with Crippen molar-refractivity contribution in [2.75, 3.05) is 6.61 Å². The first-order chi connectivity index (χ1) is 7.20. The molecule has 0 spiro atoms. The smallest absolute Gasteiger partial charge is 0.131 e. The fourth-order valence-corrected chi connectivity index (χ4v) is 1.90. The van der Waals surface area contributed by atoms with E-state index in [4.69, 9.17) is 27.9 Å². The summed E-state index contributed by atoms with van der Waals surface area (Å²) in [7, 11) is 0. The van der Waals surface area contributed by atoms with Gasteiger partial charge in [-0.2, -0.15) is 0 Å². The van der Waals surface area contributed by atoms with Crippen molar-refractivity contribution in [3.8, 4) is 5.75 Å². The molecule has 4 heteroatoms. The molecule has 0 amide bonds. The molecule has 2 rings (SSSR count). The van der Waals surface area contributed by atoms with Crippen LogP contribution in [0.1, 0.15) is 6.92 Å². The minimum Gasteiger partial charge on any atom is -0.494 e. The Balaban J connectivity index is 2.60. The van der Waals surface area contributed by atoms with Crippen LogP contribution in [-0.4, -0.2) is 11.6 Å². The number of aromatic nitrogens is 1. The third-order valence-electron chi connectivity index (χ3n) is 2.01. The molecule has 0 aliphatic heterocycles. The van der Waals surface area contributed by atoms with Gasteiger partial charge in [0.1, 0.15) is 10.9 Å². The summed E-state index contributed by atoms with van der Waals surface area (Å²) in [6.07, 6.45) is 0. The molecule has 0 fully saturated rings. The van der Waals surface area contributed by atoms with Crippen LogP contribution < -0.4 is 4.74 Å². The minimum atomic E-state index is 0.400. The van der Waals surface area contributed by atoms with E-state index < -0.39 is 0 Å². The van der Waals surface area contributed by atoms with E-state index in [2.05, 4.69) is 4.98 Å². The number of hydrogen-bond acceptors (Lipinski definition) is 2. The summed E-state index contributed by atoms with van der Waals surface area (Å²) < 4.78 is 5.38. The van der Waals surface area contributed by atoms with Gasteiger partial charge in [-0.25, -0.2) is 4.98 Å². The fourth-order valence-electron chi connectivity index (χ4n) is 1.39. The predicted octanol–water partition coefficient (Wildman–Crippen LogP) is 3.94. The van der Waals surface area contributed by atoms with E-state index in [9.17, 15) is 0 Å². The predicted molar refractivity (Wildman–Crippen MR) is 62.9 cm³/mol. The van der Waals surface area contributed by atoms with E-state index in [0.717, 1.165) is 16.7 Å². The van der Waals surface area contributed by atoms with Gasteiger partial charge in [0.25, 0.3) is 0 Å². The van der Waals surface area contributed by atoms with E-state index in [1.54, 1.807) is 6.07 Å². The second kappa shape index (κ2) is 4.25. The van der Waals surface area contributed by atoms with Crippen LogP contribution in [0.4, 0.5) is 0 Å². The third-order valence-corrected chi connectivity index (χ3v) is 2.52. The second-order valence-corrected chi connectivity index (χ2v) is 3.83. The second-order valence-electron chi connectivity index (χ2n) is 3.04. The first-order valence-corrected chi connectivity index (χ1v) is 5.35. The zero-order valence-corrected chi connectivity index (χ0v) is 9.64. The van der Waals surface area contributed by atoms with E-state index in [0.29, 0.717) is 16.8 Å². The van der Waals surface area contributed by atoms with Gasteiger partial charge in [-0.05, 0) is 31.2 Å². The van der Waals surface area contributed by atoms with Crippen LogP contribution in [0.15, 0.2) is 24.3 Å². The van der Waals surface area contributed by atoms with Crippen LogP contribution in [0.3, 0.4) is 0 Å². The average molecular weight is 242 g/mol. The maximum atomic E-state index is 6.05. The Morgan fingerprint density at radius 3 is 2.80 bits per heavy atom. The molecule has 0 aliphatic carbocycles. The largest absolute Gasteiger partial charge is 0.494 e. The van der Waals surface area contributed by atoms with Crippen LogP contribution in [-0.2, 0) is 0 Å². The van der Waals surface area contributed by atoms with Crippen molar-refractivity contribution in [3.05, 3.63) is 34.4 Å². The molecule has 0 unspecified atom stereocenters. The van der Waals surface area contributed by atoms with Gasteiger partial charge in [-0.15, -0.1) is 0 Å². The van der Waals surface area contributed by atoms with Gasteiger partial charge in [0.05, 0.1) is 17.1 Å². The monoisotopic (exact) mass is 241 g/mol. The van der Waals surface area contributed by atoms with Gasteiger partial charge in [-0.1, -0.05) is 23.2 Å². The summed E-state index contributed by atoms with van der Waals surface area (Å²) in [6, 6.07) is 7.19. The SMILES string of the molecule is CCOc1ccc2nc(Cl)cc(Cl)c2c1. The number of pyridine rings is 1. The Bertz CT molecular complexity index is 499. The standard InChI is InChI=1S/C11H9Cl2NO/c1-2-15-7-3-4-10-8(5-7)9(12)6-11(13)14-10/h3-6H,2H2,1H3. The molecule has 1 aromatic carbocycles. The van der Waals surface area contributed by atoms with Crippen molar-refractivity contribution in [2.45, 2.75) is 6.92 Å². The molecule has 0 radical (unpaired) electrons. The van der Waals surface area contributed by atoms with Gasteiger partial charge in [0, 0.05) is 5.39 Å². The number of ether oxygens (including phenoxy) is 1. The molecule has 2 nitrogen and oxygen atoms in total. The first-order valence-electron chi connectivity index (χ1n) is 4.59. The lowest BCUT2D eigenvalue weighted by Gasteiger charge is -2.05. The quantitative estimate of drug-likeness (QED) is 0.744. The van der Waals surface area contributed by atoms with Gasteiger partial charge in [0.15, 0.2) is 0 Å². The molecule has 0 atom stereocenters. The number of fused-ring (bicyclic) bond motifs is 1. The van der Waals surface area contributed by atoms with E-state index in [1.807, 2.05) is 25.1 Å². The Morgan fingerprint density at radius 1 is 1.27 bits per heavy atom. The van der Waals surface area contributed by atoms with Crippen molar-refractivity contribution in [1.82, 2.24) is 4.98 Å². The molecule has 1 aromatic heterocycles. The number of benzene rings is 1. The highest BCUT2D eigenvalue weighted by Gasteiger charge is 2.04. The Hall–Kier alpha value is -0.990. The van der Waals surface area contributed by atoms with E-state index in [1.165, 1.54) is 0 Å². The van der Waals surface area contributed by atoms with Gasteiger partial charge >= 0.3 is 0 Å². The molecule has 0 bridgehead atoms. The summed E-state index contributed by atoms with van der Waals surface area (Å²) in [5, 5.41) is 1.84. The molecule has 0 N–H and O–H groups in total. The highest BCUT2D eigenvalue weighted by Crippen LogP contribution is 2.28. The van der Waals surface area contributed by atoms with Crippen LogP contribution in [0.5, 0.6) is 5.75 Å². The highest BCUT2D eigenvalue weighted by atomic mass is 35.5. The van der Waals surface area contributed by atoms with Crippen molar-refractivity contribution in [3.63, 3.8) is 0 Å². The molecule has 0 aliphatic rings. The average Bonchev–Trinajstić information content (AvgIpc) is 2.19. The summed E-state index contributed by atoms with van der Waals surface area (Å²) in [5.74, 6) is 0.788. The fraction of sp³-hybridized carbons (Fsp3) is 0.182. The van der Waals surface area contributed by atoms with E-state index in [-0.39, 0.29) is 0 Å². The Morgan fingerprint density at radius 2 is 2.07 bits per heavy atom. The minimum absolute atomic E-state index is 0.400. The van der Waals surface area contributed by atoms with Crippen LogP contribution in [0, 0.1) is 0 Å². The first kappa shape index (κ1) is 10.5. The Kier molecular flexibility index (Phi) is 2.98. The Labute approximate surface area is 97.8 Å². The van der Waals surface area contributed by atoms with Crippen LogP contribution >= 0.6 is 23.2 Å². The lowest BCUT2D eigenvalue weighted by molar-refractivity contribution is 0.340. The van der Waals surface area contributed by atoms with Gasteiger partial charge in [0.2, 0.25) is 0 Å². The number of hydrogen-bond donors (Lipinski definition) is 0. The maximum absolute atomic E-state index is 6.05. The lowest BCUT2D eigenvalue weighted by atomic mass is 10.2. The number of rotatable bonds is 2. The summed E-state index contributed by atoms with van der Waals surface area (Å²) >= 11 is 11.9.